The molecule has 0 radical (unpaired) electrons. The molecule has 2 N–H and O–H groups in total. The third-order valence-electron chi connectivity index (χ3n) is 1.61. The lowest BCUT2D eigenvalue weighted by atomic mass is 10.2. The zero-order valence-corrected chi connectivity index (χ0v) is 8.58. The molecule has 13 heavy (non-hydrogen) atoms. The normalized spacial score (nSPS) is 11.5. The SMILES string of the molecule is CP(C)(=O)Cc1cc(O)ccc1O. The van der Waals surface area contributed by atoms with Crippen molar-refractivity contribution in [2.75, 3.05) is 13.3 Å². The Morgan fingerprint density at radius 1 is 1.31 bits per heavy atom. The largest absolute Gasteiger partial charge is 0.508 e. The van der Waals surface area contributed by atoms with Crippen molar-refractivity contribution in [3.05, 3.63) is 23.8 Å². The minimum atomic E-state index is -2.21. The van der Waals surface area contributed by atoms with Crippen molar-refractivity contribution in [1.29, 1.82) is 0 Å². The lowest BCUT2D eigenvalue weighted by molar-refractivity contribution is 0.456. The van der Waals surface area contributed by atoms with Gasteiger partial charge < -0.3 is 14.8 Å². The lowest BCUT2D eigenvalue weighted by Gasteiger charge is -2.08. The molecule has 0 aliphatic heterocycles. The van der Waals surface area contributed by atoms with Gasteiger partial charge in [0.25, 0.3) is 0 Å². The minimum absolute atomic E-state index is 0.0845. The maximum Gasteiger partial charge on any atom is 0.119 e. The van der Waals surface area contributed by atoms with Crippen LogP contribution in [0.4, 0.5) is 0 Å². The van der Waals surface area contributed by atoms with E-state index in [1.54, 1.807) is 13.3 Å². The van der Waals surface area contributed by atoms with Gasteiger partial charge in [0.1, 0.15) is 11.5 Å². The van der Waals surface area contributed by atoms with Gasteiger partial charge in [-0.15, -0.1) is 0 Å². The molecule has 0 bridgehead atoms. The summed E-state index contributed by atoms with van der Waals surface area (Å²) in [6.07, 6.45) is 0.313. The van der Waals surface area contributed by atoms with Gasteiger partial charge in [-0.1, -0.05) is 0 Å². The van der Waals surface area contributed by atoms with Crippen LogP contribution in [0.15, 0.2) is 18.2 Å². The number of benzene rings is 1. The summed E-state index contributed by atoms with van der Waals surface area (Å²) >= 11 is 0. The predicted molar refractivity (Wildman–Crippen MR) is 52.9 cm³/mol. The fraction of sp³-hybridized carbons (Fsp3) is 0.333. The number of hydrogen-bond donors (Lipinski definition) is 2. The summed E-state index contributed by atoms with van der Waals surface area (Å²) in [6.45, 7) is 3.30. The molecule has 0 aliphatic carbocycles. The van der Waals surface area contributed by atoms with Gasteiger partial charge in [0.2, 0.25) is 0 Å². The number of rotatable bonds is 2. The van der Waals surface area contributed by atoms with Gasteiger partial charge in [0.15, 0.2) is 0 Å². The van der Waals surface area contributed by atoms with E-state index < -0.39 is 7.14 Å². The van der Waals surface area contributed by atoms with Gasteiger partial charge in [-0.2, -0.15) is 0 Å². The molecule has 0 aliphatic rings. The molecule has 0 saturated carbocycles. The average Bonchev–Trinajstić information content (AvgIpc) is 1.94. The predicted octanol–water partition coefficient (Wildman–Crippen LogP) is 2.22. The van der Waals surface area contributed by atoms with Crippen molar-refractivity contribution in [2.45, 2.75) is 6.16 Å². The highest BCUT2D eigenvalue weighted by molar-refractivity contribution is 7.61. The molecule has 0 atom stereocenters. The van der Waals surface area contributed by atoms with E-state index in [9.17, 15) is 9.67 Å². The smallest absolute Gasteiger partial charge is 0.119 e. The molecular formula is C9H13O3P. The maximum absolute atomic E-state index is 11.5. The first-order chi connectivity index (χ1) is 5.88. The Balaban J connectivity index is 3.01. The highest BCUT2D eigenvalue weighted by Crippen LogP contribution is 2.43. The van der Waals surface area contributed by atoms with E-state index in [1.807, 2.05) is 0 Å². The standard InChI is InChI=1S/C9H13O3P/c1-13(2,12)6-7-5-8(10)3-4-9(7)11/h3-5,10-11H,6H2,1-2H3. The van der Waals surface area contributed by atoms with Crippen LogP contribution in [0.3, 0.4) is 0 Å². The van der Waals surface area contributed by atoms with Crippen LogP contribution < -0.4 is 0 Å². The first-order valence-corrected chi connectivity index (χ1v) is 6.72. The molecule has 1 aromatic rings. The van der Waals surface area contributed by atoms with E-state index >= 15 is 0 Å². The third-order valence-corrected chi connectivity index (χ3v) is 2.72. The van der Waals surface area contributed by atoms with E-state index in [2.05, 4.69) is 0 Å². The molecule has 72 valence electrons. The number of aromatic hydroxyl groups is 2. The summed E-state index contributed by atoms with van der Waals surface area (Å²) in [5.41, 5.74) is 0.535. The van der Waals surface area contributed by atoms with Gasteiger partial charge >= 0.3 is 0 Å². The van der Waals surface area contributed by atoms with Gasteiger partial charge in [-0.25, -0.2) is 0 Å². The van der Waals surface area contributed by atoms with E-state index in [1.165, 1.54) is 18.2 Å². The molecule has 3 nitrogen and oxygen atoms in total. The van der Waals surface area contributed by atoms with Crippen LogP contribution >= 0.6 is 7.14 Å². The lowest BCUT2D eigenvalue weighted by Crippen LogP contribution is -1.86. The Hall–Kier alpha value is -0.950. The zero-order chi connectivity index (χ0) is 10.1. The number of phenolic OH excluding ortho intramolecular Hbond substituents is 2. The molecule has 0 aromatic heterocycles. The van der Waals surface area contributed by atoms with Crippen LogP contribution in [0.25, 0.3) is 0 Å². The summed E-state index contributed by atoms with van der Waals surface area (Å²) in [5, 5.41) is 18.5. The average molecular weight is 200 g/mol. The quantitative estimate of drug-likeness (QED) is 0.568. The van der Waals surface area contributed by atoms with Gasteiger partial charge in [-0.3, -0.25) is 0 Å². The van der Waals surface area contributed by atoms with Crippen LogP contribution in [0.1, 0.15) is 5.56 Å². The van der Waals surface area contributed by atoms with Gasteiger partial charge in [-0.05, 0) is 31.5 Å². The first-order valence-electron chi connectivity index (χ1n) is 3.93. The van der Waals surface area contributed by atoms with Crippen molar-refractivity contribution in [1.82, 2.24) is 0 Å². The van der Waals surface area contributed by atoms with E-state index in [0.29, 0.717) is 11.7 Å². The van der Waals surface area contributed by atoms with Crippen LogP contribution in [0.5, 0.6) is 11.5 Å². The molecule has 0 saturated heterocycles. The zero-order valence-electron chi connectivity index (χ0n) is 7.69. The topological polar surface area (TPSA) is 57.5 Å². The maximum atomic E-state index is 11.5. The summed E-state index contributed by atoms with van der Waals surface area (Å²) in [4.78, 5) is 0. The minimum Gasteiger partial charge on any atom is -0.508 e. The highest BCUT2D eigenvalue weighted by atomic mass is 31.2. The Kier molecular flexibility index (Phi) is 2.67. The summed E-state index contributed by atoms with van der Waals surface area (Å²) in [5.74, 6) is 0.169. The van der Waals surface area contributed by atoms with Crippen LogP contribution in [0, 0.1) is 0 Å². The van der Waals surface area contributed by atoms with Crippen LogP contribution in [-0.2, 0) is 10.7 Å². The number of hydrogen-bond acceptors (Lipinski definition) is 3. The molecule has 1 aromatic carbocycles. The molecule has 0 heterocycles. The summed E-state index contributed by atoms with van der Waals surface area (Å²) in [6, 6.07) is 4.24. The third kappa shape index (κ3) is 3.11. The molecule has 0 spiro atoms. The Morgan fingerprint density at radius 2 is 1.92 bits per heavy atom. The van der Waals surface area contributed by atoms with Crippen LogP contribution in [-0.4, -0.2) is 23.5 Å². The van der Waals surface area contributed by atoms with Crippen molar-refractivity contribution < 1.29 is 14.8 Å². The van der Waals surface area contributed by atoms with Gasteiger partial charge in [0.05, 0.1) is 7.14 Å². The molecule has 4 heteroatoms. The van der Waals surface area contributed by atoms with E-state index in [0.717, 1.165) is 0 Å². The second-order valence-electron chi connectivity index (χ2n) is 3.55. The molecule has 0 amide bonds. The van der Waals surface area contributed by atoms with E-state index in [-0.39, 0.29) is 11.5 Å². The highest BCUT2D eigenvalue weighted by Gasteiger charge is 2.12. The van der Waals surface area contributed by atoms with Crippen molar-refractivity contribution in [3.8, 4) is 11.5 Å². The van der Waals surface area contributed by atoms with Crippen LogP contribution in [0.2, 0.25) is 0 Å². The Morgan fingerprint density at radius 3 is 2.46 bits per heavy atom. The fourth-order valence-corrected chi connectivity index (χ4v) is 2.18. The van der Waals surface area contributed by atoms with Crippen molar-refractivity contribution >= 4 is 7.14 Å². The molecule has 0 unspecified atom stereocenters. The van der Waals surface area contributed by atoms with Gasteiger partial charge in [0, 0.05) is 11.7 Å². The second-order valence-corrected chi connectivity index (χ2v) is 7.01. The summed E-state index contributed by atoms with van der Waals surface area (Å²) < 4.78 is 11.5. The molecular weight excluding hydrogens is 187 g/mol. The molecule has 0 fully saturated rings. The summed E-state index contributed by atoms with van der Waals surface area (Å²) in [7, 11) is -2.21. The number of phenols is 2. The monoisotopic (exact) mass is 200 g/mol. The van der Waals surface area contributed by atoms with Crippen molar-refractivity contribution in [2.24, 2.45) is 0 Å². The van der Waals surface area contributed by atoms with E-state index in [4.69, 9.17) is 5.11 Å². The fourth-order valence-electron chi connectivity index (χ4n) is 1.11. The second kappa shape index (κ2) is 3.43. The Bertz CT molecular complexity index is 354. The van der Waals surface area contributed by atoms with Crippen molar-refractivity contribution in [3.63, 3.8) is 0 Å². The first kappa shape index (κ1) is 10.1. The Labute approximate surface area is 77.4 Å². The molecule has 1 rings (SSSR count).